The van der Waals surface area contributed by atoms with Crippen LogP contribution in [-0.4, -0.2) is 27.3 Å². The maximum Gasteiger partial charge on any atom is 0.422 e. The lowest BCUT2D eigenvalue weighted by atomic mass is 10.1. The Morgan fingerprint density at radius 2 is 1.87 bits per heavy atom. The molecule has 4 N–H and O–H groups in total. The lowest BCUT2D eigenvalue weighted by Gasteiger charge is -2.13. The highest BCUT2D eigenvalue weighted by molar-refractivity contribution is 5.77. The van der Waals surface area contributed by atoms with Crippen LogP contribution >= 0.6 is 0 Å². The Morgan fingerprint density at radius 3 is 2.60 bits per heavy atom. The van der Waals surface area contributed by atoms with Crippen molar-refractivity contribution in [2.75, 3.05) is 6.61 Å². The van der Waals surface area contributed by atoms with Crippen LogP contribution in [0.4, 0.5) is 17.6 Å². The molecule has 12 heteroatoms. The molecule has 3 aromatic rings. The van der Waals surface area contributed by atoms with Gasteiger partial charge in [-0.25, -0.2) is 20.2 Å². The molecule has 1 aliphatic heterocycles. The minimum atomic E-state index is -4.57. The van der Waals surface area contributed by atoms with E-state index < -0.39 is 24.3 Å². The van der Waals surface area contributed by atoms with Crippen molar-refractivity contribution in [1.29, 1.82) is 0 Å². The maximum atomic E-state index is 14.0. The van der Waals surface area contributed by atoms with E-state index in [0.717, 1.165) is 11.6 Å². The van der Waals surface area contributed by atoms with Crippen LogP contribution in [0.5, 0.6) is 5.75 Å². The van der Waals surface area contributed by atoms with E-state index in [-0.39, 0.29) is 6.17 Å². The topological polar surface area (TPSA) is 88.1 Å². The number of ether oxygens (including phenoxy) is 1. The van der Waals surface area contributed by atoms with Gasteiger partial charge in [0.2, 0.25) is 0 Å². The summed E-state index contributed by atoms with van der Waals surface area (Å²) >= 11 is 0. The summed E-state index contributed by atoms with van der Waals surface area (Å²) in [6.07, 6.45) is -1.62. The molecule has 2 aromatic heterocycles. The van der Waals surface area contributed by atoms with E-state index in [1.165, 1.54) is 12.1 Å². The van der Waals surface area contributed by atoms with Crippen LogP contribution in [-0.2, 0) is 7.05 Å². The van der Waals surface area contributed by atoms with E-state index >= 15 is 0 Å². The molecule has 30 heavy (non-hydrogen) atoms. The van der Waals surface area contributed by atoms with Crippen molar-refractivity contribution in [2.24, 2.45) is 7.05 Å². The van der Waals surface area contributed by atoms with Gasteiger partial charge in [-0.2, -0.15) is 24.2 Å². The number of nitrogens with one attached hydrogen (secondary N) is 4. The second kappa shape index (κ2) is 7.99. The van der Waals surface area contributed by atoms with Gasteiger partial charge >= 0.3 is 6.18 Å². The molecule has 8 nitrogen and oxygen atoms in total. The molecule has 0 aliphatic carbocycles. The number of rotatable bonds is 5. The third-order valence-electron chi connectivity index (χ3n) is 4.39. The zero-order chi connectivity index (χ0) is 21.3. The van der Waals surface area contributed by atoms with Gasteiger partial charge in [0.05, 0.1) is 17.7 Å². The lowest BCUT2D eigenvalue weighted by molar-refractivity contribution is -0.153. The second-order valence-corrected chi connectivity index (χ2v) is 6.55. The minimum Gasteiger partial charge on any atom is -0.481 e. The highest BCUT2D eigenvalue weighted by atomic mass is 19.4. The van der Waals surface area contributed by atoms with Crippen LogP contribution in [0.25, 0.3) is 22.6 Å². The van der Waals surface area contributed by atoms with E-state index in [4.69, 9.17) is 0 Å². The average Bonchev–Trinajstić information content (AvgIpc) is 3.37. The summed E-state index contributed by atoms with van der Waals surface area (Å²) in [6.45, 7) is -1.58. The number of hydrogen-bond donors (Lipinski definition) is 4. The van der Waals surface area contributed by atoms with Gasteiger partial charge in [0, 0.05) is 18.8 Å². The van der Waals surface area contributed by atoms with E-state index in [1.807, 2.05) is 12.1 Å². The second-order valence-electron chi connectivity index (χ2n) is 6.55. The highest BCUT2D eigenvalue weighted by Gasteiger charge is 2.29. The van der Waals surface area contributed by atoms with Gasteiger partial charge in [0.25, 0.3) is 0 Å². The molecule has 0 radical (unpaired) electrons. The summed E-state index contributed by atoms with van der Waals surface area (Å²) in [6, 6.07) is 7.36. The van der Waals surface area contributed by atoms with Crippen LogP contribution in [0.1, 0.15) is 11.7 Å². The quantitative estimate of drug-likeness (QED) is 0.469. The molecule has 0 unspecified atom stereocenters. The molecule has 0 spiro atoms. The van der Waals surface area contributed by atoms with E-state index in [0.29, 0.717) is 22.6 Å². The third kappa shape index (κ3) is 4.26. The van der Waals surface area contributed by atoms with Gasteiger partial charge in [0.1, 0.15) is 11.9 Å². The van der Waals surface area contributed by atoms with Crippen molar-refractivity contribution in [3.05, 3.63) is 54.2 Å². The molecule has 0 atom stereocenters. The first-order chi connectivity index (χ1) is 14.3. The standard InChI is InChI=1S/C18H17F4N7O/c1-29-9-24-15(13-6-11(4-5-23-13)17-25-27-28-26-17)16(29)10-2-3-12(19)14(7-10)30-8-18(20,21)22/h2-7,9,17,25-28H,8H2,1H3. The van der Waals surface area contributed by atoms with Gasteiger partial charge < -0.3 is 9.30 Å². The zero-order valence-electron chi connectivity index (χ0n) is 15.6. The summed E-state index contributed by atoms with van der Waals surface area (Å²) in [5.74, 6) is -1.37. The molecule has 3 heterocycles. The number of hydrogen-bond acceptors (Lipinski definition) is 7. The van der Waals surface area contributed by atoms with Crippen LogP contribution in [0.3, 0.4) is 0 Å². The van der Waals surface area contributed by atoms with E-state index in [9.17, 15) is 17.6 Å². The molecule has 4 rings (SSSR count). The van der Waals surface area contributed by atoms with Crippen molar-refractivity contribution in [3.8, 4) is 28.4 Å². The van der Waals surface area contributed by atoms with Crippen molar-refractivity contribution in [1.82, 2.24) is 36.5 Å². The number of pyridine rings is 1. The number of imidazole rings is 1. The Kier molecular flexibility index (Phi) is 5.39. The van der Waals surface area contributed by atoms with Gasteiger partial charge in [-0.3, -0.25) is 4.98 Å². The predicted molar refractivity (Wildman–Crippen MR) is 98.7 cm³/mol. The first kappa shape index (κ1) is 20.2. The summed E-state index contributed by atoms with van der Waals surface area (Å²) in [4.78, 5) is 8.74. The number of alkyl halides is 3. The van der Waals surface area contributed by atoms with Crippen molar-refractivity contribution >= 4 is 0 Å². The number of halogens is 4. The normalized spacial score (nSPS) is 15.0. The number of aromatic nitrogens is 3. The molecule has 0 amide bonds. The number of nitrogens with zero attached hydrogens (tertiary/aromatic N) is 3. The van der Waals surface area contributed by atoms with Gasteiger partial charge in [0.15, 0.2) is 18.2 Å². The fourth-order valence-electron chi connectivity index (χ4n) is 3.05. The Bertz CT molecular complexity index is 1050. The van der Waals surface area contributed by atoms with Crippen LogP contribution in [0, 0.1) is 5.82 Å². The SMILES string of the molecule is Cn1cnc(-c2cc(C3NNNN3)ccn2)c1-c1ccc(F)c(OCC(F)(F)F)c1. The highest BCUT2D eigenvalue weighted by Crippen LogP contribution is 2.33. The summed E-state index contributed by atoms with van der Waals surface area (Å²) < 4.78 is 57.7. The number of hydrazine groups is 3. The van der Waals surface area contributed by atoms with Crippen LogP contribution < -0.4 is 26.7 Å². The summed E-state index contributed by atoms with van der Waals surface area (Å²) in [5, 5.41) is 0. The molecule has 1 saturated heterocycles. The summed E-state index contributed by atoms with van der Waals surface area (Å²) in [5.41, 5.74) is 14.3. The first-order valence-corrected chi connectivity index (χ1v) is 8.80. The first-order valence-electron chi connectivity index (χ1n) is 8.80. The minimum absolute atomic E-state index is 0.216. The molecule has 0 saturated carbocycles. The molecule has 1 fully saturated rings. The van der Waals surface area contributed by atoms with Crippen LogP contribution in [0.15, 0.2) is 42.9 Å². The van der Waals surface area contributed by atoms with E-state index in [2.05, 4.69) is 36.6 Å². The molecular weight excluding hydrogens is 406 g/mol. The molecular formula is C18H17F4N7O. The third-order valence-corrected chi connectivity index (χ3v) is 4.39. The largest absolute Gasteiger partial charge is 0.481 e. The smallest absolute Gasteiger partial charge is 0.422 e. The maximum absolute atomic E-state index is 14.0. The van der Waals surface area contributed by atoms with Crippen molar-refractivity contribution in [3.63, 3.8) is 0 Å². The average molecular weight is 423 g/mol. The van der Waals surface area contributed by atoms with Crippen molar-refractivity contribution < 1.29 is 22.3 Å². The van der Waals surface area contributed by atoms with Gasteiger partial charge in [-0.15, -0.1) is 0 Å². The van der Waals surface area contributed by atoms with Crippen LogP contribution in [0.2, 0.25) is 0 Å². The number of benzene rings is 1. The Labute approximate surface area is 168 Å². The van der Waals surface area contributed by atoms with E-state index in [1.54, 1.807) is 24.1 Å². The fourth-order valence-corrected chi connectivity index (χ4v) is 3.05. The summed E-state index contributed by atoms with van der Waals surface area (Å²) in [7, 11) is 1.73. The molecule has 1 aliphatic rings. The Hall–Kier alpha value is -3.06. The Morgan fingerprint density at radius 1 is 1.10 bits per heavy atom. The predicted octanol–water partition coefficient (Wildman–Crippen LogP) is 2.34. The lowest BCUT2D eigenvalue weighted by Crippen LogP contribution is -2.33. The van der Waals surface area contributed by atoms with Gasteiger partial charge in [-0.05, 0) is 35.9 Å². The fraction of sp³-hybridized carbons (Fsp3) is 0.222. The number of aryl methyl sites for hydroxylation is 1. The molecule has 0 bridgehead atoms. The van der Waals surface area contributed by atoms with Crippen molar-refractivity contribution in [2.45, 2.75) is 12.3 Å². The van der Waals surface area contributed by atoms with Gasteiger partial charge in [-0.1, -0.05) is 0 Å². The monoisotopic (exact) mass is 423 g/mol. The molecule has 1 aromatic carbocycles. The molecule has 158 valence electrons. The Balaban J connectivity index is 1.70. The zero-order valence-corrected chi connectivity index (χ0v) is 15.6.